The number of nitrogens with zero attached hydrogens (tertiary/aromatic N) is 1. The molecular weight excluding hydrogens is 140 g/mol. The lowest BCUT2D eigenvalue weighted by molar-refractivity contribution is -0.117. The van der Waals surface area contributed by atoms with Crippen LogP contribution in [-0.2, 0) is 4.79 Å². The van der Waals surface area contributed by atoms with Gasteiger partial charge >= 0.3 is 0 Å². The van der Waals surface area contributed by atoms with Gasteiger partial charge in [0, 0.05) is 13.6 Å². The lowest BCUT2D eigenvalue weighted by Gasteiger charge is -2.14. The van der Waals surface area contributed by atoms with E-state index in [2.05, 4.69) is 6.92 Å². The monoisotopic (exact) mass is 158 g/mol. The molecule has 0 radical (unpaired) electrons. The Morgan fingerprint density at radius 3 is 2.64 bits per heavy atom. The van der Waals surface area contributed by atoms with Crippen LogP contribution in [0.5, 0.6) is 0 Å². The summed E-state index contributed by atoms with van der Waals surface area (Å²) in [5.41, 5.74) is 5.39. The van der Waals surface area contributed by atoms with Crippen molar-refractivity contribution in [2.24, 2.45) is 11.7 Å². The molecule has 0 rings (SSSR count). The van der Waals surface area contributed by atoms with Crippen molar-refractivity contribution in [2.75, 3.05) is 20.1 Å². The van der Waals surface area contributed by atoms with Crippen molar-refractivity contribution < 1.29 is 4.79 Å². The van der Waals surface area contributed by atoms with Crippen LogP contribution in [0.3, 0.4) is 0 Å². The second-order valence-electron chi connectivity index (χ2n) is 3.06. The first-order valence-electron chi connectivity index (χ1n) is 4.06. The fraction of sp³-hybridized carbons (Fsp3) is 0.875. The standard InChI is InChI=1S/C8H18N2O/c1-8(3-5-9)4-6-10(2)7-11/h7-8H,3-6,9H2,1-2H3/t8-/m1/s1. The zero-order chi connectivity index (χ0) is 8.69. The normalized spacial score (nSPS) is 12.6. The molecular formula is C8H18N2O. The van der Waals surface area contributed by atoms with E-state index in [0.717, 1.165) is 32.3 Å². The van der Waals surface area contributed by atoms with Crippen LogP contribution < -0.4 is 5.73 Å². The molecule has 0 aliphatic carbocycles. The van der Waals surface area contributed by atoms with E-state index in [1.165, 1.54) is 0 Å². The topological polar surface area (TPSA) is 46.3 Å². The number of carbonyl (C=O) groups excluding carboxylic acids is 1. The highest BCUT2D eigenvalue weighted by Gasteiger charge is 2.01. The maximum Gasteiger partial charge on any atom is 0.209 e. The fourth-order valence-electron chi connectivity index (χ4n) is 0.906. The van der Waals surface area contributed by atoms with Gasteiger partial charge in [-0.2, -0.15) is 0 Å². The van der Waals surface area contributed by atoms with Gasteiger partial charge in [-0.05, 0) is 25.3 Å². The molecule has 0 aromatic carbocycles. The molecule has 0 aliphatic rings. The van der Waals surface area contributed by atoms with Gasteiger partial charge in [0.05, 0.1) is 0 Å². The third-order valence-corrected chi connectivity index (χ3v) is 1.81. The number of amides is 1. The maximum absolute atomic E-state index is 10.2. The van der Waals surface area contributed by atoms with E-state index in [-0.39, 0.29) is 0 Å². The number of rotatable bonds is 6. The van der Waals surface area contributed by atoms with Gasteiger partial charge in [0.1, 0.15) is 0 Å². The van der Waals surface area contributed by atoms with Gasteiger partial charge in [-0.1, -0.05) is 6.92 Å². The molecule has 11 heavy (non-hydrogen) atoms. The average Bonchev–Trinajstić information content (AvgIpc) is 2.01. The minimum atomic E-state index is 0.627. The molecule has 0 saturated heterocycles. The van der Waals surface area contributed by atoms with E-state index < -0.39 is 0 Å². The molecule has 66 valence electrons. The minimum absolute atomic E-state index is 0.627. The van der Waals surface area contributed by atoms with Gasteiger partial charge in [0.15, 0.2) is 0 Å². The van der Waals surface area contributed by atoms with Crippen LogP contribution in [-0.4, -0.2) is 31.4 Å². The molecule has 0 spiro atoms. The van der Waals surface area contributed by atoms with Gasteiger partial charge in [-0.15, -0.1) is 0 Å². The maximum atomic E-state index is 10.2. The summed E-state index contributed by atoms with van der Waals surface area (Å²) < 4.78 is 0. The summed E-state index contributed by atoms with van der Waals surface area (Å²) in [6, 6.07) is 0. The van der Waals surface area contributed by atoms with Crippen molar-refractivity contribution in [3.8, 4) is 0 Å². The molecule has 0 aromatic heterocycles. The smallest absolute Gasteiger partial charge is 0.209 e. The van der Waals surface area contributed by atoms with Crippen LogP contribution in [0, 0.1) is 5.92 Å². The highest BCUT2D eigenvalue weighted by molar-refractivity contribution is 5.46. The number of nitrogens with two attached hydrogens (primary N) is 1. The highest BCUT2D eigenvalue weighted by atomic mass is 16.1. The molecule has 2 N–H and O–H groups in total. The minimum Gasteiger partial charge on any atom is -0.348 e. The van der Waals surface area contributed by atoms with Crippen molar-refractivity contribution in [3.05, 3.63) is 0 Å². The van der Waals surface area contributed by atoms with Crippen molar-refractivity contribution in [1.82, 2.24) is 4.90 Å². The van der Waals surface area contributed by atoms with Crippen LogP contribution in [0.4, 0.5) is 0 Å². The number of carbonyl (C=O) groups is 1. The molecule has 3 nitrogen and oxygen atoms in total. The first kappa shape index (κ1) is 10.4. The van der Waals surface area contributed by atoms with E-state index in [1.54, 1.807) is 11.9 Å². The van der Waals surface area contributed by atoms with E-state index in [0.29, 0.717) is 5.92 Å². The van der Waals surface area contributed by atoms with Gasteiger partial charge in [-0.25, -0.2) is 0 Å². The molecule has 0 unspecified atom stereocenters. The molecule has 0 saturated carbocycles. The zero-order valence-electron chi connectivity index (χ0n) is 7.42. The van der Waals surface area contributed by atoms with Crippen molar-refractivity contribution in [3.63, 3.8) is 0 Å². The Morgan fingerprint density at radius 1 is 1.55 bits per heavy atom. The van der Waals surface area contributed by atoms with Crippen LogP contribution >= 0.6 is 0 Å². The van der Waals surface area contributed by atoms with E-state index in [4.69, 9.17) is 5.73 Å². The largest absolute Gasteiger partial charge is 0.348 e. The Morgan fingerprint density at radius 2 is 2.18 bits per heavy atom. The van der Waals surface area contributed by atoms with Crippen molar-refractivity contribution >= 4 is 6.41 Å². The van der Waals surface area contributed by atoms with Gasteiger partial charge in [0.25, 0.3) is 0 Å². The number of hydrogen-bond acceptors (Lipinski definition) is 2. The quantitative estimate of drug-likeness (QED) is 0.570. The molecule has 3 heteroatoms. The molecule has 0 aliphatic heterocycles. The summed E-state index contributed by atoms with van der Waals surface area (Å²) in [6.45, 7) is 3.74. The third-order valence-electron chi connectivity index (χ3n) is 1.81. The summed E-state index contributed by atoms with van der Waals surface area (Å²) >= 11 is 0. The summed E-state index contributed by atoms with van der Waals surface area (Å²) in [5.74, 6) is 0.627. The Kier molecular flexibility index (Phi) is 5.84. The third kappa shape index (κ3) is 5.85. The summed E-state index contributed by atoms with van der Waals surface area (Å²) in [6.07, 6.45) is 2.95. The van der Waals surface area contributed by atoms with Gasteiger partial charge in [-0.3, -0.25) is 4.79 Å². The number of hydrogen-bond donors (Lipinski definition) is 1. The van der Waals surface area contributed by atoms with Gasteiger partial charge < -0.3 is 10.6 Å². The predicted molar refractivity (Wildman–Crippen MR) is 46.1 cm³/mol. The van der Waals surface area contributed by atoms with E-state index in [9.17, 15) is 4.79 Å². The van der Waals surface area contributed by atoms with Crippen LogP contribution in [0.25, 0.3) is 0 Å². The average molecular weight is 158 g/mol. The predicted octanol–water partition coefficient (Wildman–Crippen LogP) is 0.450. The second-order valence-corrected chi connectivity index (χ2v) is 3.06. The molecule has 0 fully saturated rings. The lowest BCUT2D eigenvalue weighted by Crippen LogP contribution is -2.19. The summed E-state index contributed by atoms with van der Waals surface area (Å²) in [7, 11) is 1.79. The second kappa shape index (κ2) is 6.16. The zero-order valence-corrected chi connectivity index (χ0v) is 7.42. The van der Waals surface area contributed by atoms with Crippen molar-refractivity contribution in [1.29, 1.82) is 0 Å². The SMILES string of the molecule is C[C@H](CCN)CCN(C)C=O. The molecule has 1 amide bonds. The molecule has 0 aromatic rings. The highest BCUT2D eigenvalue weighted by Crippen LogP contribution is 2.05. The Labute approximate surface area is 68.6 Å². The summed E-state index contributed by atoms with van der Waals surface area (Å²) in [4.78, 5) is 11.8. The fourth-order valence-corrected chi connectivity index (χ4v) is 0.906. The molecule has 0 bridgehead atoms. The molecule has 0 heterocycles. The van der Waals surface area contributed by atoms with Crippen LogP contribution in [0.1, 0.15) is 19.8 Å². The Hall–Kier alpha value is -0.570. The Balaban J connectivity index is 3.29. The first-order valence-corrected chi connectivity index (χ1v) is 4.06. The van der Waals surface area contributed by atoms with Gasteiger partial charge in [0.2, 0.25) is 6.41 Å². The lowest BCUT2D eigenvalue weighted by atomic mass is 10.0. The van der Waals surface area contributed by atoms with Crippen LogP contribution in [0.15, 0.2) is 0 Å². The summed E-state index contributed by atoms with van der Waals surface area (Å²) in [5, 5.41) is 0. The Bertz CT molecular complexity index is 106. The van der Waals surface area contributed by atoms with Crippen molar-refractivity contribution in [2.45, 2.75) is 19.8 Å². The first-order chi connectivity index (χ1) is 5.20. The van der Waals surface area contributed by atoms with Crippen LogP contribution in [0.2, 0.25) is 0 Å². The van der Waals surface area contributed by atoms with E-state index >= 15 is 0 Å². The molecule has 1 atom stereocenters. The van der Waals surface area contributed by atoms with E-state index in [1.807, 2.05) is 0 Å².